The lowest BCUT2D eigenvalue weighted by atomic mass is 9.94. The molecule has 0 amide bonds. The summed E-state index contributed by atoms with van der Waals surface area (Å²) in [7, 11) is 0. The van der Waals surface area contributed by atoms with Gasteiger partial charge in [0.05, 0.1) is 24.4 Å². The van der Waals surface area contributed by atoms with Gasteiger partial charge in [-0.3, -0.25) is 14.6 Å². The van der Waals surface area contributed by atoms with Crippen molar-refractivity contribution in [3.05, 3.63) is 75.2 Å². The molecule has 0 spiro atoms. The highest BCUT2D eigenvalue weighted by molar-refractivity contribution is 5.85. The van der Waals surface area contributed by atoms with Crippen molar-refractivity contribution in [2.75, 3.05) is 26.2 Å². The van der Waals surface area contributed by atoms with E-state index in [9.17, 15) is 4.79 Å². The second kappa shape index (κ2) is 10.2. The normalized spacial score (nSPS) is 19.0. The first-order chi connectivity index (χ1) is 18.1. The number of nitrogens with one attached hydrogen (secondary N) is 1. The van der Waals surface area contributed by atoms with Gasteiger partial charge in [0.25, 0.3) is 5.56 Å². The predicted molar refractivity (Wildman–Crippen MR) is 141 cm³/mol. The summed E-state index contributed by atoms with van der Waals surface area (Å²) >= 11 is 0. The summed E-state index contributed by atoms with van der Waals surface area (Å²) in [5.74, 6) is 1.75. The van der Waals surface area contributed by atoms with Gasteiger partial charge in [-0.2, -0.15) is 0 Å². The molecule has 1 saturated heterocycles. The van der Waals surface area contributed by atoms with Gasteiger partial charge in [-0.15, -0.1) is 5.10 Å². The first-order valence-electron chi connectivity index (χ1n) is 13.5. The summed E-state index contributed by atoms with van der Waals surface area (Å²) in [5.41, 5.74) is 3.77. The van der Waals surface area contributed by atoms with Crippen LogP contribution >= 0.6 is 0 Å². The SMILES string of the molecule is Cc1ccc(C)c2[nH]c(=O)c(C(c3nnnn3C3CCCCC3)N3CCN(Cc4ccco4)CC3)cc12. The Morgan fingerprint density at radius 2 is 1.84 bits per heavy atom. The van der Waals surface area contributed by atoms with E-state index in [2.05, 4.69) is 55.4 Å². The van der Waals surface area contributed by atoms with Crippen molar-refractivity contribution in [3.8, 4) is 0 Å². The maximum atomic E-state index is 13.7. The van der Waals surface area contributed by atoms with E-state index in [1.54, 1.807) is 6.26 Å². The molecule has 1 atom stereocenters. The third-order valence-electron chi connectivity index (χ3n) is 8.18. The van der Waals surface area contributed by atoms with Gasteiger partial charge in [0.15, 0.2) is 5.82 Å². The van der Waals surface area contributed by atoms with E-state index in [1.165, 1.54) is 19.3 Å². The van der Waals surface area contributed by atoms with Crippen LogP contribution in [-0.2, 0) is 6.54 Å². The quantitative estimate of drug-likeness (QED) is 0.424. The topological polar surface area (TPSA) is 96.1 Å². The third kappa shape index (κ3) is 4.73. The van der Waals surface area contributed by atoms with E-state index in [0.29, 0.717) is 5.56 Å². The zero-order valence-corrected chi connectivity index (χ0v) is 21.7. The van der Waals surface area contributed by atoms with E-state index < -0.39 is 0 Å². The van der Waals surface area contributed by atoms with E-state index in [4.69, 9.17) is 4.42 Å². The highest BCUT2D eigenvalue weighted by Crippen LogP contribution is 2.34. The summed E-state index contributed by atoms with van der Waals surface area (Å²) in [4.78, 5) is 21.6. The number of hydrogen-bond donors (Lipinski definition) is 1. The maximum Gasteiger partial charge on any atom is 0.253 e. The molecule has 9 heteroatoms. The number of aryl methyl sites for hydroxylation is 2. The monoisotopic (exact) mass is 501 g/mol. The van der Waals surface area contributed by atoms with Crippen LogP contribution in [0.25, 0.3) is 10.9 Å². The van der Waals surface area contributed by atoms with Gasteiger partial charge in [-0.1, -0.05) is 31.4 Å². The number of fused-ring (bicyclic) bond motifs is 1. The van der Waals surface area contributed by atoms with Gasteiger partial charge >= 0.3 is 0 Å². The molecule has 0 radical (unpaired) electrons. The van der Waals surface area contributed by atoms with E-state index in [0.717, 1.165) is 79.2 Å². The highest BCUT2D eigenvalue weighted by Gasteiger charge is 2.34. The van der Waals surface area contributed by atoms with Crippen molar-refractivity contribution in [3.63, 3.8) is 0 Å². The van der Waals surface area contributed by atoms with Crippen molar-refractivity contribution in [1.82, 2.24) is 35.0 Å². The standard InChI is InChI=1S/C28H35N7O2/c1-19-10-11-20(2)25-23(19)17-24(28(36)29-25)26(27-30-31-32-35(27)21-7-4-3-5-8-21)34-14-12-33(13-15-34)18-22-9-6-16-37-22/h6,9-11,16-17,21,26H,3-5,7-8,12-15,18H2,1-2H3,(H,29,36). The van der Waals surface area contributed by atoms with E-state index in [1.807, 2.05) is 23.7 Å². The Bertz CT molecular complexity index is 1410. The molecule has 2 fully saturated rings. The molecule has 2 aliphatic rings. The average Bonchev–Trinajstić information content (AvgIpc) is 3.61. The maximum absolute atomic E-state index is 13.7. The van der Waals surface area contributed by atoms with Crippen LogP contribution in [0.3, 0.4) is 0 Å². The second-order valence-corrected chi connectivity index (χ2v) is 10.6. The van der Waals surface area contributed by atoms with Crippen LogP contribution in [0.5, 0.6) is 0 Å². The fourth-order valence-electron chi connectivity index (χ4n) is 6.06. The van der Waals surface area contributed by atoms with Gasteiger partial charge in [-0.05, 0) is 66.4 Å². The fraction of sp³-hybridized carbons (Fsp3) is 0.500. The first-order valence-corrected chi connectivity index (χ1v) is 13.5. The number of nitrogens with zero attached hydrogens (tertiary/aromatic N) is 6. The molecule has 1 N–H and O–H groups in total. The average molecular weight is 502 g/mol. The smallest absolute Gasteiger partial charge is 0.253 e. The largest absolute Gasteiger partial charge is 0.468 e. The number of rotatable bonds is 6. The molecule has 1 unspecified atom stereocenters. The van der Waals surface area contributed by atoms with Crippen LogP contribution in [0.4, 0.5) is 0 Å². The van der Waals surface area contributed by atoms with E-state index in [-0.39, 0.29) is 17.6 Å². The van der Waals surface area contributed by atoms with Crippen molar-refractivity contribution >= 4 is 10.9 Å². The molecular weight excluding hydrogens is 466 g/mol. The molecule has 0 bridgehead atoms. The molecule has 9 nitrogen and oxygen atoms in total. The molecular formula is C28H35N7O2. The number of aromatic nitrogens is 5. The Labute approximate surface area is 216 Å². The summed E-state index contributed by atoms with van der Waals surface area (Å²) in [6.07, 6.45) is 7.52. The number of tetrazole rings is 1. The van der Waals surface area contributed by atoms with Crippen LogP contribution in [0.1, 0.15) is 72.5 Å². The molecule has 1 saturated carbocycles. The van der Waals surface area contributed by atoms with Gasteiger partial charge in [0.1, 0.15) is 11.8 Å². The molecule has 4 aromatic rings. The van der Waals surface area contributed by atoms with E-state index >= 15 is 0 Å². The summed E-state index contributed by atoms with van der Waals surface area (Å²) in [6.45, 7) is 8.31. The van der Waals surface area contributed by atoms with Crippen molar-refractivity contribution in [2.45, 2.75) is 64.6 Å². The second-order valence-electron chi connectivity index (χ2n) is 10.6. The summed E-state index contributed by atoms with van der Waals surface area (Å²) in [6, 6.07) is 10.2. The zero-order chi connectivity index (χ0) is 25.4. The number of benzene rings is 1. The van der Waals surface area contributed by atoms with Crippen LogP contribution in [0.2, 0.25) is 0 Å². The fourth-order valence-corrected chi connectivity index (χ4v) is 6.06. The first kappa shape index (κ1) is 24.1. The Balaban J connectivity index is 1.39. The number of piperazine rings is 1. The van der Waals surface area contributed by atoms with Gasteiger partial charge in [-0.25, -0.2) is 4.68 Å². The number of aromatic amines is 1. The van der Waals surface area contributed by atoms with Crippen LogP contribution in [0, 0.1) is 13.8 Å². The lowest BCUT2D eigenvalue weighted by molar-refractivity contribution is 0.0937. The molecule has 1 aliphatic heterocycles. The molecule has 4 heterocycles. The number of hydrogen-bond acceptors (Lipinski definition) is 7. The van der Waals surface area contributed by atoms with Gasteiger partial charge in [0.2, 0.25) is 0 Å². The van der Waals surface area contributed by atoms with Gasteiger partial charge < -0.3 is 9.40 Å². The molecule has 1 aromatic carbocycles. The van der Waals surface area contributed by atoms with Crippen molar-refractivity contribution < 1.29 is 4.42 Å². The minimum Gasteiger partial charge on any atom is -0.468 e. The predicted octanol–water partition coefficient (Wildman–Crippen LogP) is 4.14. The Hall–Kier alpha value is -3.30. The van der Waals surface area contributed by atoms with Crippen LogP contribution in [0.15, 0.2) is 45.8 Å². The minimum absolute atomic E-state index is 0.0672. The molecule has 1 aliphatic carbocycles. The van der Waals surface area contributed by atoms with Crippen molar-refractivity contribution in [2.24, 2.45) is 0 Å². The van der Waals surface area contributed by atoms with Crippen molar-refractivity contribution in [1.29, 1.82) is 0 Å². The molecule has 37 heavy (non-hydrogen) atoms. The molecule has 3 aromatic heterocycles. The Morgan fingerprint density at radius 3 is 2.59 bits per heavy atom. The van der Waals surface area contributed by atoms with Crippen LogP contribution < -0.4 is 5.56 Å². The summed E-state index contributed by atoms with van der Waals surface area (Å²) < 4.78 is 7.59. The minimum atomic E-state index is -0.309. The lowest BCUT2D eigenvalue weighted by Gasteiger charge is -2.38. The Kier molecular flexibility index (Phi) is 6.65. The summed E-state index contributed by atoms with van der Waals surface area (Å²) in [5, 5.41) is 14.2. The zero-order valence-electron chi connectivity index (χ0n) is 21.7. The third-order valence-corrected chi connectivity index (χ3v) is 8.18. The lowest BCUT2D eigenvalue weighted by Crippen LogP contribution is -2.48. The molecule has 6 rings (SSSR count). The molecule has 194 valence electrons. The Morgan fingerprint density at radius 1 is 1.05 bits per heavy atom. The van der Waals surface area contributed by atoms with Crippen LogP contribution in [-0.4, -0.2) is 61.2 Å². The number of pyridine rings is 1. The highest BCUT2D eigenvalue weighted by atomic mass is 16.3. The number of furan rings is 1. The number of H-pyrrole nitrogens is 1. The van der Waals surface area contributed by atoms with Gasteiger partial charge in [0, 0.05) is 37.1 Å².